The van der Waals surface area contributed by atoms with Gasteiger partial charge in [-0.1, -0.05) is 60.0 Å². The molecule has 0 N–H and O–H groups in total. The first-order valence-corrected chi connectivity index (χ1v) is 18.6. The van der Waals surface area contributed by atoms with Crippen LogP contribution in [0.5, 0.6) is 0 Å². The van der Waals surface area contributed by atoms with Crippen LogP contribution in [0.4, 0.5) is 0 Å². The summed E-state index contributed by atoms with van der Waals surface area (Å²) in [5, 5.41) is 0. The zero-order valence-electron chi connectivity index (χ0n) is 23.8. The molecule has 0 aromatic heterocycles. The van der Waals surface area contributed by atoms with Gasteiger partial charge in [0.2, 0.25) is 0 Å². The van der Waals surface area contributed by atoms with E-state index in [0.29, 0.717) is 13.2 Å². The third-order valence-electron chi connectivity index (χ3n) is 5.92. The van der Waals surface area contributed by atoms with E-state index in [1.54, 1.807) is 58.8 Å². The smallest absolute Gasteiger partial charge is 0.107 e. The second-order valence-electron chi connectivity index (χ2n) is 9.19. The molecule has 0 aliphatic rings. The summed E-state index contributed by atoms with van der Waals surface area (Å²) < 4.78 is 11.9. The molecule has 0 aliphatic heterocycles. The fourth-order valence-electron chi connectivity index (χ4n) is 3.75. The van der Waals surface area contributed by atoms with Gasteiger partial charge in [0.05, 0.1) is 12.2 Å². The molecule has 0 heterocycles. The minimum atomic E-state index is 0.0819. The number of benzene rings is 4. The molecule has 0 saturated carbocycles. The van der Waals surface area contributed by atoms with E-state index in [0.717, 1.165) is 23.0 Å². The summed E-state index contributed by atoms with van der Waals surface area (Å²) in [5.41, 5.74) is 0. The molecule has 0 spiro atoms. The lowest BCUT2D eigenvalue weighted by Gasteiger charge is -2.16. The van der Waals surface area contributed by atoms with Gasteiger partial charge in [0.1, 0.15) is 13.2 Å². The molecule has 4 aromatic carbocycles. The number of terminal acetylenes is 2. The van der Waals surface area contributed by atoms with E-state index in [1.807, 2.05) is 12.1 Å². The van der Waals surface area contributed by atoms with E-state index in [9.17, 15) is 0 Å². The highest BCUT2D eigenvalue weighted by Gasteiger charge is 2.12. The Morgan fingerprint density at radius 2 is 0.744 bits per heavy atom. The van der Waals surface area contributed by atoms with Gasteiger partial charge in [0, 0.05) is 52.4 Å². The van der Waals surface area contributed by atoms with Gasteiger partial charge in [-0.3, -0.25) is 0 Å². The van der Waals surface area contributed by atoms with E-state index >= 15 is 0 Å². The van der Waals surface area contributed by atoms with Crippen LogP contribution >= 0.6 is 58.8 Å². The topological polar surface area (TPSA) is 18.5 Å². The SMILES string of the molecule is C#CCOC(CSc1ccccc1)CSc1ccc(Sc2ccc(SCC(CSc3ccccc3)OCC#C)cc2)cc1. The number of rotatable bonds is 18. The van der Waals surface area contributed by atoms with Crippen molar-refractivity contribution >= 4 is 58.8 Å². The predicted molar refractivity (Wildman–Crippen MR) is 190 cm³/mol. The largest absolute Gasteiger partial charge is 0.364 e. The van der Waals surface area contributed by atoms with Crippen molar-refractivity contribution in [2.75, 3.05) is 36.2 Å². The van der Waals surface area contributed by atoms with Gasteiger partial charge in [0.25, 0.3) is 0 Å². The van der Waals surface area contributed by atoms with E-state index in [1.165, 1.54) is 29.4 Å². The van der Waals surface area contributed by atoms with Crippen LogP contribution in [0.3, 0.4) is 0 Å². The summed E-state index contributed by atoms with van der Waals surface area (Å²) in [6.45, 7) is 0.668. The third-order valence-corrected chi connectivity index (χ3v) is 11.5. The maximum absolute atomic E-state index is 5.93. The third kappa shape index (κ3) is 13.1. The fourth-order valence-corrected chi connectivity index (χ4v) is 8.60. The molecule has 0 radical (unpaired) electrons. The highest BCUT2D eigenvalue weighted by atomic mass is 32.2. The summed E-state index contributed by atoms with van der Waals surface area (Å²) >= 11 is 8.98. The molecule has 7 heteroatoms. The van der Waals surface area contributed by atoms with Crippen LogP contribution in [0.1, 0.15) is 0 Å². The quantitative estimate of drug-likeness (QED) is 0.0773. The molecule has 0 fully saturated rings. The molecule has 2 atom stereocenters. The minimum Gasteiger partial charge on any atom is -0.364 e. The van der Waals surface area contributed by atoms with Crippen molar-refractivity contribution < 1.29 is 9.47 Å². The Labute approximate surface area is 278 Å². The number of hydrogen-bond acceptors (Lipinski definition) is 7. The number of hydrogen-bond donors (Lipinski definition) is 0. The molecular weight excluding hydrogens is 625 g/mol. The second kappa shape index (κ2) is 19.8. The first kappa shape index (κ1) is 33.6. The maximum atomic E-state index is 5.93. The molecule has 4 aromatic rings. The first-order chi connectivity index (χ1) is 21.2. The fraction of sp³-hybridized carbons (Fsp3) is 0.222. The highest BCUT2D eigenvalue weighted by molar-refractivity contribution is 8.01. The standard InChI is InChI=1S/C36H34O2S5/c1-3-23-37-29(25-39-31-11-7-5-8-12-31)27-41-33-15-19-35(20-16-33)43-36-21-17-34(18-22-36)42-28-30(38-24-4-2)26-40-32-13-9-6-10-14-32/h1-2,5-22,29-30H,23-28H2. The summed E-state index contributed by atoms with van der Waals surface area (Å²) in [4.78, 5) is 7.36. The maximum Gasteiger partial charge on any atom is 0.107 e. The van der Waals surface area contributed by atoms with Crippen LogP contribution in [0, 0.1) is 24.7 Å². The van der Waals surface area contributed by atoms with Crippen LogP contribution in [0.2, 0.25) is 0 Å². The first-order valence-electron chi connectivity index (χ1n) is 13.8. The van der Waals surface area contributed by atoms with Crippen LogP contribution < -0.4 is 0 Å². The number of ether oxygens (including phenoxy) is 2. The molecule has 0 bridgehead atoms. The summed E-state index contributed by atoms with van der Waals surface area (Å²) in [5.74, 6) is 8.64. The molecule has 2 nitrogen and oxygen atoms in total. The Hall–Kier alpha value is -2.33. The Morgan fingerprint density at radius 3 is 1.07 bits per heavy atom. The van der Waals surface area contributed by atoms with E-state index in [-0.39, 0.29) is 12.2 Å². The number of thioether (sulfide) groups is 4. The predicted octanol–water partition coefficient (Wildman–Crippen LogP) is 9.64. The molecule has 2 unspecified atom stereocenters. The lowest BCUT2D eigenvalue weighted by molar-refractivity contribution is 0.113. The molecule has 0 aliphatic carbocycles. The second-order valence-corrected chi connectivity index (χ2v) is 14.7. The molecule has 4 rings (SSSR count). The van der Waals surface area contributed by atoms with Gasteiger partial charge < -0.3 is 9.47 Å². The van der Waals surface area contributed by atoms with Crippen molar-refractivity contribution in [2.24, 2.45) is 0 Å². The van der Waals surface area contributed by atoms with Crippen LogP contribution in [0.25, 0.3) is 0 Å². The van der Waals surface area contributed by atoms with E-state index < -0.39 is 0 Å². The van der Waals surface area contributed by atoms with Crippen molar-refractivity contribution in [3.8, 4) is 24.7 Å². The lowest BCUT2D eigenvalue weighted by atomic mass is 10.4. The average molecular weight is 659 g/mol. The van der Waals surface area contributed by atoms with Crippen molar-refractivity contribution in [3.63, 3.8) is 0 Å². The highest BCUT2D eigenvalue weighted by Crippen LogP contribution is 2.32. The molecule has 220 valence electrons. The molecule has 0 amide bonds. The Kier molecular flexibility index (Phi) is 15.5. The Morgan fingerprint density at radius 1 is 0.442 bits per heavy atom. The normalized spacial score (nSPS) is 12.2. The molecular formula is C36H34O2S5. The van der Waals surface area contributed by atoms with Crippen LogP contribution in [-0.2, 0) is 9.47 Å². The van der Waals surface area contributed by atoms with Gasteiger partial charge in [0.15, 0.2) is 0 Å². The Bertz CT molecular complexity index is 1300. The van der Waals surface area contributed by atoms with E-state index in [4.69, 9.17) is 22.3 Å². The van der Waals surface area contributed by atoms with Gasteiger partial charge in [-0.25, -0.2) is 0 Å². The monoisotopic (exact) mass is 658 g/mol. The van der Waals surface area contributed by atoms with Crippen LogP contribution in [-0.4, -0.2) is 48.4 Å². The van der Waals surface area contributed by atoms with Crippen molar-refractivity contribution in [1.29, 1.82) is 0 Å². The average Bonchev–Trinajstić information content (AvgIpc) is 3.06. The zero-order valence-corrected chi connectivity index (χ0v) is 27.9. The van der Waals surface area contributed by atoms with Gasteiger partial charge in [-0.05, 0) is 72.8 Å². The van der Waals surface area contributed by atoms with Crippen molar-refractivity contribution in [2.45, 2.75) is 41.6 Å². The summed E-state index contributed by atoms with van der Waals surface area (Å²) in [6.07, 6.45) is 11.1. The van der Waals surface area contributed by atoms with Gasteiger partial charge >= 0.3 is 0 Å². The minimum absolute atomic E-state index is 0.0819. The van der Waals surface area contributed by atoms with Gasteiger partial charge in [-0.2, -0.15) is 0 Å². The Balaban J connectivity index is 1.22. The van der Waals surface area contributed by atoms with Gasteiger partial charge in [-0.15, -0.1) is 59.9 Å². The van der Waals surface area contributed by atoms with Crippen LogP contribution in [0.15, 0.2) is 139 Å². The molecule has 0 saturated heterocycles. The lowest BCUT2D eigenvalue weighted by Crippen LogP contribution is -2.19. The van der Waals surface area contributed by atoms with E-state index in [2.05, 4.69) is 109 Å². The van der Waals surface area contributed by atoms with Crippen molar-refractivity contribution in [1.82, 2.24) is 0 Å². The zero-order chi connectivity index (χ0) is 30.0. The van der Waals surface area contributed by atoms with Crippen molar-refractivity contribution in [3.05, 3.63) is 109 Å². The molecule has 43 heavy (non-hydrogen) atoms. The summed E-state index contributed by atoms with van der Waals surface area (Å²) in [7, 11) is 0. The summed E-state index contributed by atoms with van der Waals surface area (Å²) in [6, 6.07) is 38.3.